The quantitative estimate of drug-likeness (QED) is 0.666. The normalized spacial score (nSPS) is 17.0. The minimum Gasteiger partial charge on any atom is -0.804 e. The van der Waals surface area contributed by atoms with Crippen LogP contribution in [-0.2, 0) is 0 Å². The topological polar surface area (TPSA) is 66.4 Å². The zero-order chi connectivity index (χ0) is 12.4. The second kappa shape index (κ2) is 4.32. The molecule has 0 bridgehead atoms. The maximum Gasteiger partial charge on any atom is 0.378 e. The molecule has 88 valence electrons. The Labute approximate surface area is 99.2 Å². The van der Waals surface area contributed by atoms with Gasteiger partial charge in [0.1, 0.15) is 5.69 Å². The number of aryl methyl sites for hydroxylation is 1. The van der Waals surface area contributed by atoms with E-state index in [2.05, 4.69) is 15.2 Å². The lowest BCUT2D eigenvalue weighted by atomic mass is 10.2. The summed E-state index contributed by atoms with van der Waals surface area (Å²) in [5.41, 5.74) is 1.81. The Bertz CT molecular complexity index is 513. The van der Waals surface area contributed by atoms with Crippen molar-refractivity contribution in [2.75, 3.05) is 14.1 Å². The van der Waals surface area contributed by atoms with Crippen molar-refractivity contribution >= 4 is 17.7 Å². The van der Waals surface area contributed by atoms with Gasteiger partial charge in [-0.3, -0.25) is 0 Å². The van der Waals surface area contributed by atoms with Crippen LogP contribution in [0.4, 0.5) is 5.69 Å². The highest BCUT2D eigenvalue weighted by Gasteiger charge is 2.22. The van der Waals surface area contributed by atoms with Crippen LogP contribution in [0.1, 0.15) is 5.56 Å². The van der Waals surface area contributed by atoms with Crippen molar-refractivity contribution in [1.82, 2.24) is 4.90 Å². The highest BCUT2D eigenvalue weighted by molar-refractivity contribution is 5.90. The monoisotopic (exact) mass is 231 g/mol. The number of hydrogen-bond donors (Lipinski definition) is 0. The molecule has 0 aliphatic carbocycles. The van der Waals surface area contributed by atoms with Gasteiger partial charge in [0.15, 0.2) is 0 Å². The molecule has 1 aliphatic heterocycles. The first kappa shape index (κ1) is 11.3. The standard InChI is InChI=1S/C11H13N5O/c1-8-4-6-9(7-5-8)13-16-11(17)12-10(14-16)15(2)3/h4-7H,1-3H3. The molecular weight excluding hydrogens is 218 g/mol. The van der Waals surface area contributed by atoms with E-state index >= 15 is 0 Å². The summed E-state index contributed by atoms with van der Waals surface area (Å²) in [6.45, 7) is 1.99. The maximum absolute atomic E-state index is 11.5. The van der Waals surface area contributed by atoms with Crippen LogP contribution in [0.3, 0.4) is 0 Å². The van der Waals surface area contributed by atoms with Gasteiger partial charge in [-0.05, 0) is 28.9 Å². The van der Waals surface area contributed by atoms with E-state index in [1.165, 1.54) is 0 Å². The number of benzene rings is 1. The molecule has 1 aliphatic rings. The number of aliphatic imine (C=N–C) groups is 1. The number of hydrazone groups is 1. The molecule has 0 spiro atoms. The van der Waals surface area contributed by atoms with E-state index in [-0.39, 0.29) is 0 Å². The van der Waals surface area contributed by atoms with Crippen LogP contribution in [0, 0.1) is 6.92 Å². The average molecular weight is 231 g/mol. The molecule has 17 heavy (non-hydrogen) atoms. The van der Waals surface area contributed by atoms with Crippen LogP contribution in [-0.4, -0.2) is 35.8 Å². The Morgan fingerprint density at radius 3 is 2.41 bits per heavy atom. The van der Waals surface area contributed by atoms with E-state index in [0.717, 1.165) is 10.4 Å². The Morgan fingerprint density at radius 1 is 1.24 bits per heavy atom. The Kier molecular flexibility index (Phi) is 2.86. The maximum atomic E-state index is 11.5. The number of guanidine groups is 1. The van der Waals surface area contributed by atoms with Crippen molar-refractivity contribution in [1.29, 1.82) is 0 Å². The van der Waals surface area contributed by atoms with E-state index in [9.17, 15) is 5.11 Å². The fraction of sp³-hybridized carbons (Fsp3) is 0.273. The van der Waals surface area contributed by atoms with Gasteiger partial charge in [0.2, 0.25) is 0 Å². The third-order valence-corrected chi connectivity index (χ3v) is 2.20. The molecule has 0 radical (unpaired) electrons. The zero-order valence-corrected chi connectivity index (χ0v) is 9.95. The summed E-state index contributed by atoms with van der Waals surface area (Å²) < 4.78 is 0. The molecule has 0 atom stereocenters. The molecule has 1 aromatic carbocycles. The van der Waals surface area contributed by atoms with Gasteiger partial charge in [-0.25, -0.2) is 0 Å². The highest BCUT2D eigenvalue weighted by Crippen LogP contribution is 2.14. The van der Waals surface area contributed by atoms with Crippen molar-refractivity contribution in [2.24, 2.45) is 15.2 Å². The third kappa shape index (κ3) is 2.47. The van der Waals surface area contributed by atoms with E-state index in [4.69, 9.17) is 0 Å². The number of amidine groups is 1. The number of rotatable bonds is 1. The predicted molar refractivity (Wildman–Crippen MR) is 62.1 cm³/mol. The van der Waals surface area contributed by atoms with Gasteiger partial charge < -0.3 is 10.0 Å². The minimum atomic E-state index is -0.478. The van der Waals surface area contributed by atoms with Crippen LogP contribution in [0.2, 0.25) is 0 Å². The van der Waals surface area contributed by atoms with Gasteiger partial charge in [-0.2, -0.15) is 0 Å². The third-order valence-electron chi connectivity index (χ3n) is 2.20. The van der Waals surface area contributed by atoms with E-state index in [1.807, 2.05) is 31.2 Å². The summed E-state index contributed by atoms with van der Waals surface area (Å²) in [5.74, 6) is 0.353. The van der Waals surface area contributed by atoms with Crippen LogP contribution >= 0.6 is 0 Å². The first-order chi connectivity index (χ1) is 8.06. The lowest BCUT2D eigenvalue weighted by Gasteiger charge is -1.99. The van der Waals surface area contributed by atoms with Gasteiger partial charge in [0.05, 0.1) is 0 Å². The summed E-state index contributed by atoms with van der Waals surface area (Å²) in [5, 5.41) is 19.6. The molecule has 0 unspecified atom stereocenters. The molecule has 6 nitrogen and oxygen atoms in total. The van der Waals surface area contributed by atoms with E-state index in [0.29, 0.717) is 11.6 Å². The van der Waals surface area contributed by atoms with Crippen molar-refractivity contribution in [3.63, 3.8) is 0 Å². The van der Waals surface area contributed by atoms with Gasteiger partial charge in [-0.15, -0.1) is 0 Å². The Balaban J connectivity index is 2.30. The van der Waals surface area contributed by atoms with Gasteiger partial charge >= 0.3 is 12.0 Å². The van der Waals surface area contributed by atoms with Crippen LogP contribution in [0.5, 0.6) is 0 Å². The van der Waals surface area contributed by atoms with Crippen molar-refractivity contribution in [3.8, 4) is 0 Å². The van der Waals surface area contributed by atoms with Crippen molar-refractivity contribution in [2.45, 2.75) is 6.92 Å². The van der Waals surface area contributed by atoms with Crippen molar-refractivity contribution in [3.05, 3.63) is 29.8 Å². The number of azo groups is 1. The molecule has 1 heterocycles. The van der Waals surface area contributed by atoms with Gasteiger partial charge in [0.25, 0.3) is 0 Å². The van der Waals surface area contributed by atoms with Crippen LogP contribution in [0.25, 0.3) is 0 Å². The van der Waals surface area contributed by atoms with Crippen LogP contribution in [0.15, 0.2) is 39.5 Å². The molecule has 6 heteroatoms. The SMILES string of the molecule is Cc1ccc(N=[N+]2N=C(N(C)C)N=C2[O-])cc1. The second-order valence-corrected chi connectivity index (χ2v) is 3.91. The first-order valence-electron chi connectivity index (χ1n) is 5.16. The summed E-state index contributed by atoms with van der Waals surface area (Å²) in [7, 11) is 3.54. The predicted octanol–water partition coefficient (Wildman–Crippen LogP) is 0.654. The molecule has 0 fully saturated rings. The van der Waals surface area contributed by atoms with Crippen LogP contribution < -0.4 is 5.11 Å². The highest BCUT2D eigenvalue weighted by atomic mass is 16.3. The summed E-state index contributed by atoms with van der Waals surface area (Å²) in [4.78, 5) is 6.41. The minimum absolute atomic E-state index is 0.353. The summed E-state index contributed by atoms with van der Waals surface area (Å²) >= 11 is 0. The summed E-state index contributed by atoms with van der Waals surface area (Å²) in [6, 6.07) is 7.02. The first-order valence-corrected chi connectivity index (χ1v) is 5.16. The fourth-order valence-corrected chi connectivity index (χ4v) is 1.26. The molecule has 1 aromatic rings. The van der Waals surface area contributed by atoms with Gasteiger partial charge in [0, 0.05) is 19.2 Å². The molecular formula is C11H13N5O. The zero-order valence-electron chi connectivity index (χ0n) is 9.95. The number of hydrogen-bond acceptors (Lipinski definition) is 4. The largest absolute Gasteiger partial charge is 0.804 e. The van der Waals surface area contributed by atoms with Crippen molar-refractivity contribution < 1.29 is 9.91 Å². The smallest absolute Gasteiger partial charge is 0.378 e. The molecule has 0 saturated heterocycles. The summed E-state index contributed by atoms with van der Waals surface area (Å²) in [6.07, 6.45) is 0. The Hall–Kier alpha value is -2.24. The van der Waals surface area contributed by atoms with Gasteiger partial charge in [-0.1, -0.05) is 22.8 Å². The number of nitrogens with zero attached hydrogens (tertiary/aromatic N) is 5. The Morgan fingerprint density at radius 2 is 1.88 bits per heavy atom. The van der Waals surface area contributed by atoms with E-state index < -0.39 is 6.02 Å². The molecule has 0 aromatic heterocycles. The second-order valence-electron chi connectivity index (χ2n) is 3.91. The molecule has 2 rings (SSSR count). The molecule has 0 N–H and O–H groups in total. The molecule has 0 saturated carbocycles. The average Bonchev–Trinajstić information content (AvgIpc) is 2.64. The fourth-order valence-electron chi connectivity index (χ4n) is 1.26. The van der Waals surface area contributed by atoms with E-state index in [1.54, 1.807) is 19.0 Å². The molecule has 0 amide bonds. The lowest BCUT2D eigenvalue weighted by molar-refractivity contribution is -0.545. The lowest BCUT2D eigenvalue weighted by Crippen LogP contribution is -2.25.